The summed E-state index contributed by atoms with van der Waals surface area (Å²) in [5.41, 5.74) is 0.758. The minimum absolute atomic E-state index is 0.000474. The lowest BCUT2D eigenvalue weighted by Crippen LogP contribution is -2.64. The molecule has 1 aromatic carbocycles. The average molecular weight is 313 g/mol. The minimum atomic E-state index is -4.62. The van der Waals surface area contributed by atoms with Crippen LogP contribution in [0.4, 0.5) is 0 Å². The van der Waals surface area contributed by atoms with Crippen LogP contribution < -0.4 is 5.11 Å². The number of ether oxygens (including phenoxy) is 1. The molecule has 0 unspecified atom stereocenters. The van der Waals surface area contributed by atoms with Gasteiger partial charge < -0.3 is 9.84 Å². The van der Waals surface area contributed by atoms with Crippen molar-refractivity contribution in [3.8, 4) is 0 Å². The van der Waals surface area contributed by atoms with Gasteiger partial charge in [-0.3, -0.25) is 14.3 Å². The lowest BCUT2D eigenvalue weighted by atomic mass is 10.0. The van der Waals surface area contributed by atoms with Crippen molar-refractivity contribution in [2.45, 2.75) is 25.6 Å². The van der Waals surface area contributed by atoms with E-state index >= 15 is 0 Å². The molecule has 1 fully saturated rings. The van der Waals surface area contributed by atoms with E-state index < -0.39 is 34.4 Å². The second-order valence-corrected chi connectivity index (χ2v) is 5.76. The third kappa shape index (κ3) is 3.31. The Kier molecular flexibility index (Phi) is 4.14. The number of carbonyl (C=O) groups is 1. The van der Waals surface area contributed by atoms with E-state index in [1.54, 1.807) is 24.3 Å². The van der Waals surface area contributed by atoms with Crippen molar-refractivity contribution < 1.29 is 27.6 Å². The first-order valence-corrected chi connectivity index (χ1v) is 7.42. The Morgan fingerprint density at radius 1 is 1.43 bits per heavy atom. The molecule has 0 spiro atoms. The maximum Gasteiger partial charge on any atom is 0.362 e. The Balaban J connectivity index is 1.96. The highest BCUT2D eigenvalue weighted by atomic mass is 32.2. The molecule has 0 bridgehead atoms. The van der Waals surface area contributed by atoms with Gasteiger partial charge in [0.15, 0.2) is 6.04 Å². The van der Waals surface area contributed by atoms with Gasteiger partial charge in [-0.15, -0.1) is 0 Å². The van der Waals surface area contributed by atoms with E-state index in [9.17, 15) is 18.3 Å². The van der Waals surface area contributed by atoms with Gasteiger partial charge in [0.1, 0.15) is 6.08 Å². The van der Waals surface area contributed by atoms with Gasteiger partial charge in [-0.25, -0.2) is 4.31 Å². The average Bonchev–Trinajstić information content (AvgIpc) is 2.42. The fourth-order valence-corrected chi connectivity index (χ4v) is 2.81. The molecule has 1 amide bonds. The standard InChI is InChI=1S/C12H14N2O6S/c1-8-10(11(15)14(8)21(17,18)19)13-12(16)20-7-9-5-3-2-4-6-9/h2-6,8,10H,7H2,1H3,(H,13,16)(H,17,18,19)/p-1/t8-,10-/m1/s1. The number of rotatable bonds is 4. The van der Waals surface area contributed by atoms with Crippen molar-refractivity contribution in [2.24, 2.45) is 4.99 Å². The van der Waals surface area contributed by atoms with Crippen LogP contribution in [0.1, 0.15) is 12.5 Å². The molecular formula is C12H13N2O6S-. The molecule has 0 aromatic heterocycles. The van der Waals surface area contributed by atoms with E-state index in [0.717, 1.165) is 5.56 Å². The SMILES string of the molecule is C[C@@H]1[C@@H](N=C([O-])OCc2ccccc2)C(=O)N1S(=O)(=O)O. The van der Waals surface area contributed by atoms with Crippen LogP contribution in [0, 0.1) is 0 Å². The number of nitrogens with zero attached hydrogens (tertiary/aromatic N) is 2. The number of hydrogen-bond donors (Lipinski definition) is 1. The van der Waals surface area contributed by atoms with Gasteiger partial charge in [-0.05, 0) is 12.5 Å². The summed E-state index contributed by atoms with van der Waals surface area (Å²) in [5.74, 6) is -0.957. The summed E-state index contributed by atoms with van der Waals surface area (Å²) in [6.07, 6.45) is -0.959. The van der Waals surface area contributed by atoms with Gasteiger partial charge >= 0.3 is 10.3 Å². The molecule has 9 heteroatoms. The van der Waals surface area contributed by atoms with Gasteiger partial charge in [-0.1, -0.05) is 30.3 Å². The largest absolute Gasteiger partial charge is 0.596 e. The van der Waals surface area contributed by atoms with Gasteiger partial charge in [0.05, 0.1) is 6.04 Å². The highest BCUT2D eigenvalue weighted by Crippen LogP contribution is 2.25. The first-order chi connectivity index (χ1) is 9.80. The summed E-state index contributed by atoms with van der Waals surface area (Å²) in [6.45, 7) is 1.36. The second-order valence-electron chi connectivity index (χ2n) is 4.47. The molecule has 8 nitrogen and oxygen atoms in total. The summed E-state index contributed by atoms with van der Waals surface area (Å²) in [7, 11) is -4.62. The highest BCUT2D eigenvalue weighted by Gasteiger charge is 2.50. The van der Waals surface area contributed by atoms with E-state index in [1.165, 1.54) is 6.92 Å². The van der Waals surface area contributed by atoms with Gasteiger partial charge in [0, 0.05) is 6.61 Å². The number of benzene rings is 1. The van der Waals surface area contributed by atoms with Crippen LogP contribution in [0.15, 0.2) is 35.3 Å². The molecule has 21 heavy (non-hydrogen) atoms. The fourth-order valence-electron chi connectivity index (χ4n) is 1.94. The number of aliphatic imine (C=N–C) groups is 1. The Labute approximate surface area is 121 Å². The minimum Gasteiger partial charge on any atom is -0.596 e. The van der Waals surface area contributed by atoms with Crippen LogP contribution >= 0.6 is 0 Å². The molecule has 2 rings (SSSR count). The number of β-lactam (4-membered cyclic amide) rings is 1. The molecule has 1 aromatic rings. The Hall–Kier alpha value is -2.13. The van der Waals surface area contributed by atoms with Crippen molar-refractivity contribution in [3.63, 3.8) is 0 Å². The predicted molar refractivity (Wildman–Crippen MR) is 70.3 cm³/mol. The van der Waals surface area contributed by atoms with Crippen LogP contribution in [0.3, 0.4) is 0 Å². The molecule has 2 atom stereocenters. The second kappa shape index (κ2) is 5.70. The summed E-state index contributed by atoms with van der Waals surface area (Å²) in [5, 5.41) is 11.5. The smallest absolute Gasteiger partial charge is 0.362 e. The van der Waals surface area contributed by atoms with Crippen molar-refractivity contribution >= 4 is 22.3 Å². The maximum atomic E-state index is 11.5. The van der Waals surface area contributed by atoms with Crippen LogP contribution in [0.2, 0.25) is 0 Å². The number of amides is 1. The summed E-state index contributed by atoms with van der Waals surface area (Å²) >= 11 is 0. The summed E-state index contributed by atoms with van der Waals surface area (Å²) in [4.78, 5) is 15.0. The normalized spacial score (nSPS) is 22.9. The summed E-state index contributed by atoms with van der Waals surface area (Å²) < 4.78 is 35.7. The lowest BCUT2D eigenvalue weighted by Gasteiger charge is -2.40. The van der Waals surface area contributed by atoms with Gasteiger partial charge in [0.25, 0.3) is 5.91 Å². The van der Waals surface area contributed by atoms with Crippen molar-refractivity contribution in [1.29, 1.82) is 0 Å². The molecule has 1 aliphatic rings. The van der Waals surface area contributed by atoms with Crippen LogP contribution in [0.5, 0.6) is 0 Å². The van der Waals surface area contributed by atoms with Crippen LogP contribution in [-0.4, -0.2) is 41.4 Å². The van der Waals surface area contributed by atoms with E-state index in [4.69, 9.17) is 9.29 Å². The molecule has 1 aliphatic heterocycles. The van der Waals surface area contributed by atoms with E-state index in [0.29, 0.717) is 0 Å². The zero-order valence-electron chi connectivity index (χ0n) is 11.0. The maximum absolute atomic E-state index is 11.5. The van der Waals surface area contributed by atoms with Crippen molar-refractivity contribution in [3.05, 3.63) is 35.9 Å². The molecule has 0 saturated carbocycles. The fraction of sp³-hybridized carbons (Fsp3) is 0.333. The number of hydrogen-bond acceptors (Lipinski definition) is 6. The van der Waals surface area contributed by atoms with Gasteiger partial charge in [-0.2, -0.15) is 8.42 Å². The van der Waals surface area contributed by atoms with Crippen molar-refractivity contribution in [2.75, 3.05) is 0 Å². The molecule has 1 heterocycles. The highest BCUT2D eigenvalue weighted by molar-refractivity contribution is 7.84. The van der Waals surface area contributed by atoms with Crippen molar-refractivity contribution in [1.82, 2.24) is 4.31 Å². The quantitative estimate of drug-likeness (QED) is 0.340. The molecule has 0 radical (unpaired) electrons. The Morgan fingerprint density at radius 3 is 2.57 bits per heavy atom. The first-order valence-electron chi connectivity index (χ1n) is 6.03. The zero-order chi connectivity index (χ0) is 15.6. The molecular weight excluding hydrogens is 300 g/mol. The van der Waals surface area contributed by atoms with E-state index in [1.807, 2.05) is 6.07 Å². The van der Waals surface area contributed by atoms with Gasteiger partial charge in [0.2, 0.25) is 0 Å². The Morgan fingerprint density at radius 2 is 2.05 bits per heavy atom. The monoisotopic (exact) mass is 313 g/mol. The zero-order valence-corrected chi connectivity index (χ0v) is 11.9. The molecule has 114 valence electrons. The lowest BCUT2D eigenvalue weighted by molar-refractivity contribution is -0.253. The topological polar surface area (TPSA) is 119 Å². The molecule has 1 N–H and O–H groups in total. The number of carbonyl (C=O) groups excluding carboxylic acids is 1. The first kappa shape index (κ1) is 15.3. The predicted octanol–water partition coefficient (Wildman–Crippen LogP) is -0.678. The summed E-state index contributed by atoms with van der Waals surface area (Å²) in [6, 6.07) is 6.80. The third-order valence-corrected chi connectivity index (χ3v) is 4.00. The third-order valence-electron chi connectivity index (χ3n) is 3.00. The Bertz CT molecular complexity index is 658. The molecule has 0 aliphatic carbocycles. The van der Waals surface area contributed by atoms with Crippen LogP contribution in [0.25, 0.3) is 0 Å². The van der Waals surface area contributed by atoms with E-state index in [2.05, 4.69) is 4.99 Å². The van der Waals surface area contributed by atoms with E-state index in [-0.39, 0.29) is 10.9 Å². The molecule has 1 saturated heterocycles. The van der Waals surface area contributed by atoms with Crippen LogP contribution in [-0.2, 0) is 26.4 Å².